The van der Waals surface area contributed by atoms with Crippen LogP contribution in [-0.2, 0) is 26.3 Å². The first-order valence-corrected chi connectivity index (χ1v) is 19.1. The molecular weight excluding hydrogens is 679 g/mol. The molecule has 2 atom stereocenters. The van der Waals surface area contributed by atoms with E-state index in [4.69, 9.17) is 19.8 Å². The number of aliphatic hydroxyl groups is 1. The number of aryl methyl sites for hydroxylation is 1. The Balaban J connectivity index is 1.33. The molecule has 0 saturated carbocycles. The van der Waals surface area contributed by atoms with Crippen LogP contribution in [0, 0.1) is 11.8 Å². The van der Waals surface area contributed by atoms with E-state index in [9.17, 15) is 19.5 Å². The maximum atomic E-state index is 13.2. The van der Waals surface area contributed by atoms with Gasteiger partial charge in [0.25, 0.3) is 11.8 Å². The van der Waals surface area contributed by atoms with Crippen molar-refractivity contribution in [3.63, 3.8) is 0 Å². The molecule has 1 aromatic rings. The van der Waals surface area contributed by atoms with Crippen LogP contribution in [0.2, 0.25) is 0 Å². The summed E-state index contributed by atoms with van der Waals surface area (Å²) < 4.78 is 2.00. The Bertz CT molecular complexity index is 2320. The molecule has 8 bridgehead atoms. The summed E-state index contributed by atoms with van der Waals surface area (Å²) in [7, 11) is 1.99. The van der Waals surface area contributed by atoms with Gasteiger partial charge in [0, 0.05) is 66.5 Å². The number of carbonyl (C=O) groups is 3. The number of pyridine rings is 1. The molecule has 1 fully saturated rings. The molecule has 276 valence electrons. The number of fused-ring (bicyclic) bond motifs is 5. The number of aromatic nitrogens is 1. The zero-order valence-corrected chi connectivity index (χ0v) is 32.1. The van der Waals surface area contributed by atoms with Crippen LogP contribution in [0.3, 0.4) is 0 Å². The molecule has 54 heavy (non-hydrogen) atoms. The molecule has 1 aromatic heterocycles. The van der Waals surface area contributed by atoms with Crippen LogP contribution < -0.4 is 4.57 Å². The Morgan fingerprint density at radius 3 is 2.24 bits per heavy atom. The molecule has 5 aliphatic heterocycles. The number of aliphatic hydroxyl groups excluding tert-OH is 1. The lowest BCUT2D eigenvalue weighted by molar-refractivity contribution is -0.671. The molecule has 1 N–H and O–H groups in total. The number of amides is 2. The summed E-state index contributed by atoms with van der Waals surface area (Å²) in [5.74, 6) is -1.67. The van der Waals surface area contributed by atoms with Gasteiger partial charge in [0.1, 0.15) is 12.8 Å². The lowest BCUT2D eigenvalue weighted by Crippen LogP contribution is -2.32. The van der Waals surface area contributed by atoms with Crippen molar-refractivity contribution in [1.29, 1.82) is 0 Å². The SMILES string of the molecule is CCC1=C(C)C2=NC1=CC1=C(C)C3=C(O)CC(=C3C1)C1=NC(=C(c3cc[n+](C)cc3)C3=NC(=C2)C(CC)=C3C)[C@@H](C)[C@@H]1CCC(=O)ON1C(=O)CCC1=O. The van der Waals surface area contributed by atoms with E-state index >= 15 is 0 Å². The monoisotopic (exact) mass is 724 g/mol. The van der Waals surface area contributed by atoms with Gasteiger partial charge in [0.15, 0.2) is 12.4 Å². The first-order chi connectivity index (χ1) is 25.9. The molecule has 0 unspecified atom stereocenters. The fraction of sp³-hybridized carbons (Fsp3) is 0.386. The van der Waals surface area contributed by atoms with Crippen molar-refractivity contribution in [3.05, 3.63) is 115 Å². The Morgan fingerprint density at radius 2 is 1.56 bits per heavy atom. The summed E-state index contributed by atoms with van der Waals surface area (Å²) in [5, 5.41) is 12.2. The number of rotatable bonds is 7. The van der Waals surface area contributed by atoms with Gasteiger partial charge >= 0.3 is 5.97 Å². The minimum Gasteiger partial charge on any atom is -0.511 e. The molecular formula is C44H46N5O5+. The zero-order valence-electron chi connectivity index (χ0n) is 32.1. The molecule has 2 amide bonds. The fourth-order valence-corrected chi connectivity index (χ4v) is 9.11. The van der Waals surface area contributed by atoms with Crippen LogP contribution >= 0.6 is 0 Å². The molecule has 8 rings (SSSR count). The van der Waals surface area contributed by atoms with Gasteiger partial charge in [-0.3, -0.25) is 14.6 Å². The molecule has 10 heteroatoms. The highest BCUT2D eigenvalue weighted by Crippen LogP contribution is 2.51. The van der Waals surface area contributed by atoms with Gasteiger partial charge in [0.2, 0.25) is 0 Å². The summed E-state index contributed by atoms with van der Waals surface area (Å²) in [6, 6.07) is 4.19. The topological polar surface area (TPSA) is 125 Å². The summed E-state index contributed by atoms with van der Waals surface area (Å²) in [5.41, 5.74) is 17.0. The Kier molecular flexibility index (Phi) is 8.82. The average molecular weight is 725 g/mol. The smallest absolute Gasteiger partial charge is 0.333 e. The van der Waals surface area contributed by atoms with E-state index in [-0.39, 0.29) is 31.1 Å². The number of imide groups is 1. The van der Waals surface area contributed by atoms with Crippen LogP contribution in [0.1, 0.15) is 98.5 Å². The lowest BCUT2D eigenvalue weighted by Gasteiger charge is -2.21. The molecule has 10 nitrogen and oxygen atoms in total. The molecule has 2 aliphatic carbocycles. The Labute approximate surface area is 315 Å². The minimum absolute atomic E-state index is 0.0171. The van der Waals surface area contributed by atoms with Crippen molar-refractivity contribution in [2.24, 2.45) is 33.9 Å². The maximum absolute atomic E-state index is 13.2. The summed E-state index contributed by atoms with van der Waals surface area (Å²) in [6.07, 6.45) is 11.4. The van der Waals surface area contributed by atoms with E-state index in [1.165, 1.54) is 5.57 Å². The quantitative estimate of drug-likeness (QED) is 0.228. The molecule has 7 aliphatic rings. The molecule has 0 radical (unpaired) electrons. The second kappa shape index (κ2) is 13.4. The molecule has 6 heterocycles. The fourth-order valence-electron chi connectivity index (χ4n) is 9.11. The van der Waals surface area contributed by atoms with Gasteiger partial charge in [0.05, 0.1) is 28.5 Å². The van der Waals surface area contributed by atoms with Crippen molar-refractivity contribution in [1.82, 2.24) is 5.06 Å². The van der Waals surface area contributed by atoms with Crippen LogP contribution in [0.25, 0.3) is 5.57 Å². The number of nitrogens with zero attached hydrogens (tertiary/aromatic N) is 5. The van der Waals surface area contributed by atoms with E-state index in [1.54, 1.807) is 0 Å². The zero-order chi connectivity index (χ0) is 38.2. The van der Waals surface area contributed by atoms with Gasteiger partial charge < -0.3 is 9.94 Å². The second-order valence-electron chi connectivity index (χ2n) is 15.2. The third kappa shape index (κ3) is 5.65. The number of allylic oxidation sites excluding steroid dienone is 13. The van der Waals surface area contributed by atoms with Crippen LogP contribution in [-0.4, -0.2) is 45.1 Å². The molecule has 0 aromatic carbocycles. The van der Waals surface area contributed by atoms with Crippen molar-refractivity contribution in [2.45, 2.75) is 92.9 Å². The number of carbonyl (C=O) groups excluding carboxylic acids is 3. The molecule has 1 saturated heterocycles. The van der Waals surface area contributed by atoms with Crippen LogP contribution in [0.4, 0.5) is 0 Å². The van der Waals surface area contributed by atoms with Gasteiger partial charge in [-0.05, 0) is 109 Å². The van der Waals surface area contributed by atoms with E-state index in [1.807, 2.05) is 24.0 Å². The Morgan fingerprint density at radius 1 is 0.889 bits per heavy atom. The first-order valence-electron chi connectivity index (χ1n) is 19.1. The highest BCUT2D eigenvalue weighted by Gasteiger charge is 2.43. The Hall–Kier alpha value is -5.51. The standard InChI is InChI=1S/C44H45N5O5/c1-8-28-23(4)33-21-35-29(9-2)24(5)42(46-35)41(26-14-16-48(7)17-15-26)43-25(6)30(10-13-39(53)54-49-37(51)11-12-38(49)52)44(47-43)32-20-36(50)40-22(3)27(18-31(32)40)19-34(28)45-33/h14-17,19,21,25,30H,8-13,18,20H2,1-7H3/p+1/t25-,30-/m0/s1. The van der Waals surface area contributed by atoms with Crippen molar-refractivity contribution >= 4 is 40.5 Å². The van der Waals surface area contributed by atoms with E-state index in [0.29, 0.717) is 30.1 Å². The summed E-state index contributed by atoms with van der Waals surface area (Å²) in [4.78, 5) is 59.2. The van der Waals surface area contributed by atoms with Crippen LogP contribution in [0.5, 0.6) is 0 Å². The number of aliphatic imine (C=N–C) groups is 3. The van der Waals surface area contributed by atoms with E-state index < -0.39 is 17.8 Å². The van der Waals surface area contributed by atoms with Crippen LogP contribution in [0.15, 0.2) is 125 Å². The number of hydrogen-bond donors (Lipinski definition) is 1. The largest absolute Gasteiger partial charge is 0.511 e. The third-order valence-electron chi connectivity index (χ3n) is 12.1. The van der Waals surface area contributed by atoms with Crippen molar-refractivity contribution < 1.29 is 28.9 Å². The van der Waals surface area contributed by atoms with E-state index in [2.05, 4.69) is 65.8 Å². The minimum atomic E-state index is -0.637. The predicted octanol–water partition coefficient (Wildman–Crippen LogP) is 7.69. The van der Waals surface area contributed by atoms with Gasteiger partial charge in [-0.15, -0.1) is 5.06 Å². The summed E-state index contributed by atoms with van der Waals surface area (Å²) in [6.45, 7) is 12.8. The lowest BCUT2D eigenvalue weighted by atomic mass is 9.80. The average Bonchev–Trinajstić information content (AvgIpc) is 3.96. The highest BCUT2D eigenvalue weighted by molar-refractivity contribution is 6.35. The van der Waals surface area contributed by atoms with Gasteiger partial charge in [-0.25, -0.2) is 19.3 Å². The van der Waals surface area contributed by atoms with E-state index in [0.717, 1.165) is 103 Å². The number of hydrogen-bond acceptors (Lipinski definition) is 8. The normalized spacial score (nSPS) is 23.8. The molecule has 0 spiro atoms. The third-order valence-corrected chi connectivity index (χ3v) is 12.1. The maximum Gasteiger partial charge on any atom is 0.333 e. The summed E-state index contributed by atoms with van der Waals surface area (Å²) >= 11 is 0. The second-order valence-corrected chi connectivity index (χ2v) is 15.2. The first kappa shape index (κ1) is 35.5. The van der Waals surface area contributed by atoms with Crippen molar-refractivity contribution in [3.8, 4) is 0 Å². The highest BCUT2D eigenvalue weighted by atomic mass is 16.7. The van der Waals surface area contributed by atoms with Gasteiger partial charge in [-0.2, -0.15) is 0 Å². The van der Waals surface area contributed by atoms with Crippen molar-refractivity contribution in [2.75, 3.05) is 0 Å². The number of hydroxylamine groups is 2. The predicted molar refractivity (Wildman–Crippen MR) is 207 cm³/mol. The van der Waals surface area contributed by atoms with Gasteiger partial charge in [-0.1, -0.05) is 20.8 Å².